The van der Waals surface area contributed by atoms with Gasteiger partial charge in [-0.25, -0.2) is 0 Å². The molecular weight excluding hydrogens is 483 g/mol. The Kier molecular flexibility index (Phi) is 7.63. The summed E-state index contributed by atoms with van der Waals surface area (Å²) in [5, 5.41) is 3.34. The summed E-state index contributed by atoms with van der Waals surface area (Å²) >= 11 is 3.65. The fourth-order valence-corrected chi connectivity index (χ4v) is 4.97. The molecule has 4 nitrogen and oxygen atoms in total. The molecule has 1 N–H and O–H groups in total. The van der Waals surface area contributed by atoms with Crippen LogP contribution in [0.25, 0.3) is 0 Å². The van der Waals surface area contributed by atoms with Crippen LogP contribution in [0.3, 0.4) is 0 Å². The van der Waals surface area contributed by atoms with Crippen molar-refractivity contribution in [3.05, 3.63) is 58.1 Å². The highest BCUT2D eigenvalue weighted by Crippen LogP contribution is 2.37. The van der Waals surface area contributed by atoms with Crippen molar-refractivity contribution in [3.63, 3.8) is 0 Å². The van der Waals surface area contributed by atoms with Crippen molar-refractivity contribution in [1.29, 1.82) is 0 Å². The third-order valence-electron chi connectivity index (χ3n) is 6.12. The number of halogens is 4. The van der Waals surface area contributed by atoms with Crippen LogP contribution in [0.15, 0.2) is 46.9 Å². The first kappa shape index (κ1) is 23.4. The number of anilines is 1. The topological polar surface area (TPSA) is 27.7 Å². The van der Waals surface area contributed by atoms with Gasteiger partial charge in [0.1, 0.15) is 11.9 Å². The number of rotatable bonds is 5. The summed E-state index contributed by atoms with van der Waals surface area (Å²) in [4.78, 5) is 4.18. The molecule has 0 bridgehead atoms. The Morgan fingerprint density at radius 3 is 2.53 bits per heavy atom. The van der Waals surface area contributed by atoms with E-state index in [1.54, 1.807) is 12.1 Å². The summed E-state index contributed by atoms with van der Waals surface area (Å²) in [6, 6.07) is 12.1. The largest absolute Gasteiger partial charge is 0.489 e. The fraction of sp³-hybridized carbons (Fsp3) is 0.500. The van der Waals surface area contributed by atoms with Crippen molar-refractivity contribution in [2.75, 3.05) is 44.2 Å². The standard InChI is InChI=1S/C24H29BrF3N3O/c25-21-16-18(6-7-23(21)32-19-8-10-29-11-9-19)17-30-12-3-13-31(15-14-30)22-5-2-1-4-20(22)24(26,27)28/h1-2,4-7,16,19,29H,3,8-15,17H2. The zero-order chi connectivity index (χ0) is 22.6. The van der Waals surface area contributed by atoms with E-state index >= 15 is 0 Å². The van der Waals surface area contributed by atoms with Gasteiger partial charge in [0.05, 0.1) is 10.0 Å². The minimum Gasteiger partial charge on any atom is -0.489 e. The third-order valence-corrected chi connectivity index (χ3v) is 6.74. The fourth-order valence-electron chi connectivity index (χ4n) is 4.45. The van der Waals surface area contributed by atoms with Crippen LogP contribution in [0, 0.1) is 0 Å². The second-order valence-corrected chi connectivity index (χ2v) is 9.32. The zero-order valence-electron chi connectivity index (χ0n) is 18.0. The van der Waals surface area contributed by atoms with Crippen LogP contribution in [0.2, 0.25) is 0 Å². The second-order valence-electron chi connectivity index (χ2n) is 8.46. The molecule has 8 heteroatoms. The molecule has 0 unspecified atom stereocenters. The van der Waals surface area contributed by atoms with Crippen molar-refractivity contribution >= 4 is 21.6 Å². The average Bonchev–Trinajstić information content (AvgIpc) is 3.01. The molecule has 0 radical (unpaired) electrons. The molecule has 2 fully saturated rings. The predicted molar refractivity (Wildman–Crippen MR) is 124 cm³/mol. The molecule has 0 atom stereocenters. The van der Waals surface area contributed by atoms with E-state index in [0.29, 0.717) is 13.1 Å². The summed E-state index contributed by atoms with van der Waals surface area (Å²) in [5.74, 6) is 0.867. The Bertz CT molecular complexity index is 902. The lowest BCUT2D eigenvalue weighted by Crippen LogP contribution is -2.34. The van der Waals surface area contributed by atoms with Crippen LogP contribution in [-0.2, 0) is 12.7 Å². The van der Waals surface area contributed by atoms with Crippen molar-refractivity contribution in [2.24, 2.45) is 0 Å². The number of piperidine rings is 1. The van der Waals surface area contributed by atoms with Gasteiger partial charge in [0.2, 0.25) is 0 Å². The van der Waals surface area contributed by atoms with Gasteiger partial charge in [-0.15, -0.1) is 0 Å². The van der Waals surface area contributed by atoms with E-state index < -0.39 is 11.7 Å². The maximum atomic E-state index is 13.4. The van der Waals surface area contributed by atoms with Gasteiger partial charge in [0.25, 0.3) is 0 Å². The lowest BCUT2D eigenvalue weighted by molar-refractivity contribution is -0.137. The Labute approximate surface area is 195 Å². The number of para-hydroxylation sites is 1. The van der Waals surface area contributed by atoms with E-state index in [1.165, 1.54) is 17.7 Å². The summed E-state index contributed by atoms with van der Waals surface area (Å²) in [5.41, 5.74) is 0.893. The quantitative estimate of drug-likeness (QED) is 0.588. The first-order valence-corrected chi connectivity index (χ1v) is 12.0. The number of alkyl halides is 3. The molecule has 0 amide bonds. The highest BCUT2D eigenvalue weighted by molar-refractivity contribution is 9.10. The van der Waals surface area contributed by atoms with Gasteiger partial charge in [-0.2, -0.15) is 13.2 Å². The highest BCUT2D eigenvalue weighted by Gasteiger charge is 2.34. The first-order valence-electron chi connectivity index (χ1n) is 11.2. The van der Waals surface area contributed by atoms with Crippen LogP contribution in [-0.4, -0.2) is 50.3 Å². The van der Waals surface area contributed by atoms with E-state index in [4.69, 9.17) is 4.74 Å². The zero-order valence-corrected chi connectivity index (χ0v) is 19.6. The van der Waals surface area contributed by atoms with Crippen molar-refractivity contribution in [3.8, 4) is 5.75 Å². The van der Waals surface area contributed by atoms with Crippen LogP contribution in [0.4, 0.5) is 18.9 Å². The predicted octanol–water partition coefficient (Wildman–Crippen LogP) is 5.31. The van der Waals surface area contributed by atoms with E-state index in [2.05, 4.69) is 38.3 Å². The number of nitrogens with one attached hydrogen (secondary N) is 1. The summed E-state index contributed by atoms with van der Waals surface area (Å²) < 4.78 is 47.4. The molecular formula is C24H29BrF3N3O. The molecule has 2 aliphatic heterocycles. The first-order chi connectivity index (χ1) is 15.4. The maximum absolute atomic E-state index is 13.4. The third kappa shape index (κ3) is 5.97. The van der Waals surface area contributed by atoms with Crippen LogP contribution in [0.5, 0.6) is 5.75 Å². The maximum Gasteiger partial charge on any atom is 0.418 e. The molecule has 32 heavy (non-hydrogen) atoms. The van der Waals surface area contributed by atoms with Gasteiger partial charge in [0.15, 0.2) is 0 Å². The van der Waals surface area contributed by atoms with Gasteiger partial charge in [0, 0.05) is 38.4 Å². The Morgan fingerprint density at radius 2 is 1.78 bits per heavy atom. The normalized spacial score (nSPS) is 19.1. The van der Waals surface area contributed by atoms with Crippen LogP contribution >= 0.6 is 15.9 Å². The molecule has 2 aromatic rings. The highest BCUT2D eigenvalue weighted by atomic mass is 79.9. The minimum atomic E-state index is -4.34. The molecule has 0 spiro atoms. The van der Waals surface area contributed by atoms with Gasteiger partial charge in [-0.3, -0.25) is 4.90 Å². The molecule has 4 rings (SSSR count). The summed E-state index contributed by atoms with van der Waals surface area (Å²) in [6.07, 6.45) is -1.25. The number of benzene rings is 2. The van der Waals surface area contributed by atoms with Crippen molar-refractivity contribution in [1.82, 2.24) is 10.2 Å². The summed E-state index contributed by atoms with van der Waals surface area (Å²) in [6.45, 7) is 5.51. The van der Waals surface area contributed by atoms with E-state index in [1.807, 2.05) is 11.0 Å². The van der Waals surface area contributed by atoms with Gasteiger partial charge < -0.3 is 15.0 Å². The molecule has 2 heterocycles. The Hall–Kier alpha value is -1.77. The number of hydrogen-bond donors (Lipinski definition) is 1. The lowest BCUT2D eigenvalue weighted by atomic mass is 10.1. The monoisotopic (exact) mass is 511 g/mol. The van der Waals surface area contributed by atoms with Crippen LogP contribution < -0.4 is 15.0 Å². The molecule has 2 aliphatic rings. The molecule has 0 aromatic heterocycles. The smallest absolute Gasteiger partial charge is 0.418 e. The SMILES string of the molecule is FC(F)(F)c1ccccc1N1CCCN(Cc2ccc(OC3CCNCC3)c(Br)c2)CC1. The minimum absolute atomic E-state index is 0.245. The molecule has 0 aliphatic carbocycles. The van der Waals surface area contributed by atoms with Gasteiger partial charge in [-0.05, 0) is 78.1 Å². The number of nitrogens with zero attached hydrogens (tertiary/aromatic N) is 2. The van der Waals surface area contributed by atoms with Crippen LogP contribution in [0.1, 0.15) is 30.4 Å². The molecule has 2 aromatic carbocycles. The van der Waals surface area contributed by atoms with E-state index in [9.17, 15) is 13.2 Å². The van der Waals surface area contributed by atoms with E-state index in [0.717, 1.165) is 62.2 Å². The Morgan fingerprint density at radius 1 is 1.00 bits per heavy atom. The number of hydrogen-bond acceptors (Lipinski definition) is 4. The van der Waals surface area contributed by atoms with E-state index in [-0.39, 0.29) is 11.8 Å². The average molecular weight is 512 g/mol. The van der Waals surface area contributed by atoms with Crippen molar-refractivity contribution in [2.45, 2.75) is 38.1 Å². The van der Waals surface area contributed by atoms with Crippen molar-refractivity contribution < 1.29 is 17.9 Å². The van der Waals surface area contributed by atoms with Gasteiger partial charge in [-0.1, -0.05) is 18.2 Å². The Balaban J connectivity index is 1.37. The lowest BCUT2D eigenvalue weighted by Gasteiger charge is -2.27. The molecule has 2 saturated heterocycles. The molecule has 0 saturated carbocycles. The summed E-state index contributed by atoms with van der Waals surface area (Å²) in [7, 11) is 0. The second kappa shape index (κ2) is 10.4. The van der Waals surface area contributed by atoms with Gasteiger partial charge >= 0.3 is 6.18 Å². The number of ether oxygens (including phenoxy) is 1. The molecule has 174 valence electrons.